The highest BCUT2D eigenvalue weighted by Crippen LogP contribution is 2.18. The lowest BCUT2D eigenvalue weighted by Gasteiger charge is -2.23. The Bertz CT molecular complexity index is 166. The molecule has 0 rings (SSSR count). The molecule has 90 valence electrons. The Morgan fingerprint density at radius 3 is 2.20 bits per heavy atom. The van der Waals surface area contributed by atoms with Crippen molar-refractivity contribution in [2.45, 2.75) is 39.4 Å². The third-order valence-electron chi connectivity index (χ3n) is 2.40. The van der Waals surface area contributed by atoms with Crippen LogP contribution in [-0.2, 0) is 19.0 Å². The van der Waals surface area contributed by atoms with Crippen LogP contribution in [0.2, 0.25) is 0 Å². The van der Waals surface area contributed by atoms with E-state index in [9.17, 15) is 4.79 Å². The lowest BCUT2D eigenvalue weighted by Crippen LogP contribution is -2.25. The van der Waals surface area contributed by atoms with Crippen molar-refractivity contribution in [3.63, 3.8) is 0 Å². The van der Waals surface area contributed by atoms with E-state index in [-0.39, 0.29) is 18.2 Å². The third-order valence-corrected chi connectivity index (χ3v) is 2.40. The quantitative estimate of drug-likeness (QED) is 0.461. The topological polar surface area (TPSA) is 44.8 Å². The minimum Gasteiger partial charge on any atom is -0.466 e. The van der Waals surface area contributed by atoms with Gasteiger partial charge in [-0.2, -0.15) is 0 Å². The Morgan fingerprint density at radius 2 is 1.80 bits per heavy atom. The molecule has 0 amide bonds. The predicted octanol–water partition coefficient (Wildman–Crippen LogP) is 1.97. The lowest BCUT2D eigenvalue weighted by molar-refractivity contribution is -0.149. The van der Waals surface area contributed by atoms with Crippen molar-refractivity contribution in [2.75, 3.05) is 20.8 Å². The summed E-state index contributed by atoms with van der Waals surface area (Å²) < 4.78 is 15.2. The van der Waals surface area contributed by atoms with Crippen LogP contribution in [0.15, 0.2) is 0 Å². The van der Waals surface area contributed by atoms with Gasteiger partial charge in [0.15, 0.2) is 6.29 Å². The molecule has 0 radical (unpaired) electrons. The Hall–Kier alpha value is -0.610. The zero-order valence-electron chi connectivity index (χ0n) is 10.1. The van der Waals surface area contributed by atoms with Crippen LogP contribution in [0.3, 0.4) is 0 Å². The van der Waals surface area contributed by atoms with Crippen molar-refractivity contribution in [2.24, 2.45) is 5.92 Å². The predicted molar refractivity (Wildman–Crippen MR) is 57.5 cm³/mol. The first kappa shape index (κ1) is 14.4. The summed E-state index contributed by atoms with van der Waals surface area (Å²) in [6, 6.07) is 0. The van der Waals surface area contributed by atoms with E-state index in [1.54, 1.807) is 14.2 Å². The van der Waals surface area contributed by atoms with Gasteiger partial charge in [-0.25, -0.2) is 0 Å². The third kappa shape index (κ3) is 5.74. The number of hydrogen-bond acceptors (Lipinski definition) is 4. The zero-order valence-corrected chi connectivity index (χ0v) is 10.1. The Labute approximate surface area is 91.9 Å². The van der Waals surface area contributed by atoms with Gasteiger partial charge in [0.05, 0.1) is 6.61 Å². The van der Waals surface area contributed by atoms with E-state index in [2.05, 4.69) is 6.92 Å². The molecular formula is C11H22O4. The van der Waals surface area contributed by atoms with Crippen molar-refractivity contribution in [3.8, 4) is 0 Å². The molecule has 0 spiro atoms. The monoisotopic (exact) mass is 218 g/mol. The highest BCUT2D eigenvalue weighted by Gasteiger charge is 2.20. The van der Waals surface area contributed by atoms with Crippen LogP contribution in [-0.4, -0.2) is 33.1 Å². The molecule has 0 N–H and O–H groups in total. The maximum Gasteiger partial charge on any atom is 0.305 e. The SMILES string of the molecule is CCOC(=O)CCC(CC)C(OC)OC. The summed E-state index contributed by atoms with van der Waals surface area (Å²) in [5.41, 5.74) is 0. The van der Waals surface area contributed by atoms with Crippen LogP contribution in [0, 0.1) is 5.92 Å². The number of ether oxygens (including phenoxy) is 3. The van der Waals surface area contributed by atoms with Gasteiger partial charge in [0.1, 0.15) is 0 Å². The molecular weight excluding hydrogens is 196 g/mol. The maximum atomic E-state index is 11.2. The Morgan fingerprint density at radius 1 is 1.20 bits per heavy atom. The molecule has 4 nitrogen and oxygen atoms in total. The number of methoxy groups -OCH3 is 2. The van der Waals surface area contributed by atoms with Crippen molar-refractivity contribution in [3.05, 3.63) is 0 Å². The molecule has 0 fully saturated rings. The molecule has 0 aromatic carbocycles. The molecule has 0 aliphatic carbocycles. The largest absolute Gasteiger partial charge is 0.466 e. The highest BCUT2D eigenvalue weighted by molar-refractivity contribution is 5.69. The van der Waals surface area contributed by atoms with Crippen molar-refractivity contribution < 1.29 is 19.0 Å². The fraction of sp³-hybridized carbons (Fsp3) is 0.909. The summed E-state index contributed by atoms with van der Waals surface area (Å²) in [5.74, 6) is 0.0892. The fourth-order valence-electron chi connectivity index (χ4n) is 1.55. The van der Waals surface area contributed by atoms with Crippen LogP contribution >= 0.6 is 0 Å². The maximum absolute atomic E-state index is 11.2. The van der Waals surface area contributed by atoms with Gasteiger partial charge in [0.25, 0.3) is 0 Å². The van der Waals surface area contributed by atoms with Crippen LogP contribution in [0.1, 0.15) is 33.1 Å². The molecule has 0 aliphatic rings. The van der Waals surface area contributed by atoms with Gasteiger partial charge in [0.2, 0.25) is 0 Å². The van der Waals surface area contributed by atoms with Gasteiger partial charge in [0, 0.05) is 26.6 Å². The van der Waals surface area contributed by atoms with E-state index in [1.165, 1.54) is 0 Å². The van der Waals surface area contributed by atoms with Gasteiger partial charge in [-0.15, -0.1) is 0 Å². The molecule has 0 aliphatic heterocycles. The van der Waals surface area contributed by atoms with Gasteiger partial charge in [-0.1, -0.05) is 6.92 Å². The molecule has 1 unspecified atom stereocenters. The smallest absolute Gasteiger partial charge is 0.305 e. The van der Waals surface area contributed by atoms with Gasteiger partial charge in [-0.3, -0.25) is 4.79 Å². The van der Waals surface area contributed by atoms with Gasteiger partial charge < -0.3 is 14.2 Å². The second-order valence-electron chi connectivity index (χ2n) is 3.35. The van der Waals surface area contributed by atoms with E-state index >= 15 is 0 Å². The minimum atomic E-state index is -0.232. The first-order valence-corrected chi connectivity index (χ1v) is 5.40. The van der Waals surface area contributed by atoms with Crippen molar-refractivity contribution in [1.29, 1.82) is 0 Å². The lowest BCUT2D eigenvalue weighted by atomic mass is 10.00. The zero-order chi connectivity index (χ0) is 11.7. The average Bonchev–Trinajstić information content (AvgIpc) is 2.24. The number of rotatable bonds is 8. The summed E-state index contributed by atoms with van der Waals surface area (Å²) in [7, 11) is 3.22. The molecule has 15 heavy (non-hydrogen) atoms. The van der Waals surface area contributed by atoms with E-state index in [0.717, 1.165) is 12.8 Å². The van der Waals surface area contributed by atoms with Crippen molar-refractivity contribution >= 4 is 5.97 Å². The molecule has 0 saturated heterocycles. The molecule has 1 atom stereocenters. The minimum absolute atomic E-state index is 0.151. The molecule has 0 aromatic heterocycles. The standard InChI is InChI=1S/C11H22O4/c1-5-9(11(13-3)14-4)7-8-10(12)15-6-2/h9,11H,5-8H2,1-4H3. The summed E-state index contributed by atoms with van der Waals surface area (Å²) in [6.07, 6.45) is 1.85. The first-order valence-electron chi connectivity index (χ1n) is 5.40. The molecule has 0 bridgehead atoms. The normalized spacial score (nSPS) is 12.9. The molecule has 4 heteroatoms. The second-order valence-corrected chi connectivity index (χ2v) is 3.35. The average molecular weight is 218 g/mol. The number of carbonyl (C=O) groups excluding carboxylic acids is 1. The van der Waals surface area contributed by atoms with Crippen LogP contribution < -0.4 is 0 Å². The highest BCUT2D eigenvalue weighted by atomic mass is 16.7. The molecule has 0 aromatic rings. The fourth-order valence-corrected chi connectivity index (χ4v) is 1.55. The summed E-state index contributed by atoms with van der Waals surface area (Å²) in [5, 5.41) is 0. The van der Waals surface area contributed by atoms with Gasteiger partial charge in [-0.05, 0) is 19.8 Å². The number of hydrogen-bond donors (Lipinski definition) is 0. The van der Waals surface area contributed by atoms with Gasteiger partial charge >= 0.3 is 5.97 Å². The molecule has 0 saturated carbocycles. The van der Waals surface area contributed by atoms with Crippen LogP contribution in [0.25, 0.3) is 0 Å². The Kier molecular flexibility index (Phi) is 8.33. The van der Waals surface area contributed by atoms with Crippen molar-refractivity contribution in [1.82, 2.24) is 0 Å². The van der Waals surface area contributed by atoms with E-state index in [4.69, 9.17) is 14.2 Å². The Balaban J connectivity index is 3.93. The molecule has 0 heterocycles. The summed E-state index contributed by atoms with van der Waals surface area (Å²) >= 11 is 0. The summed E-state index contributed by atoms with van der Waals surface area (Å²) in [6.45, 7) is 4.30. The van der Waals surface area contributed by atoms with E-state index < -0.39 is 0 Å². The van der Waals surface area contributed by atoms with E-state index in [1.807, 2.05) is 6.92 Å². The number of esters is 1. The van der Waals surface area contributed by atoms with Crippen LogP contribution in [0.4, 0.5) is 0 Å². The summed E-state index contributed by atoms with van der Waals surface area (Å²) in [4.78, 5) is 11.2. The first-order chi connectivity index (χ1) is 7.19. The number of carbonyl (C=O) groups is 1. The second kappa shape index (κ2) is 8.68. The van der Waals surface area contributed by atoms with Crippen LogP contribution in [0.5, 0.6) is 0 Å². The van der Waals surface area contributed by atoms with E-state index in [0.29, 0.717) is 13.0 Å².